The molecule has 0 saturated carbocycles. The van der Waals surface area contributed by atoms with Gasteiger partial charge in [-0.05, 0) is 12.1 Å². The molecule has 2 rings (SSSR count). The van der Waals surface area contributed by atoms with E-state index in [4.69, 9.17) is 14.7 Å². The molecule has 1 aromatic carbocycles. The summed E-state index contributed by atoms with van der Waals surface area (Å²) in [4.78, 5) is 0. The van der Waals surface area contributed by atoms with Gasteiger partial charge in [-0.3, -0.25) is 0 Å². The number of methoxy groups -OCH3 is 1. The minimum atomic E-state index is -0.508. The van der Waals surface area contributed by atoms with Crippen LogP contribution in [0, 0.1) is 17.1 Å². The summed E-state index contributed by atoms with van der Waals surface area (Å²) in [7, 11) is 1.51. The van der Waals surface area contributed by atoms with Crippen molar-refractivity contribution < 1.29 is 13.9 Å². The number of ether oxygens (including phenoxy) is 2. The number of hydrogen-bond acceptors (Lipinski definition) is 3. The molecule has 1 aromatic rings. The van der Waals surface area contributed by atoms with Crippen molar-refractivity contribution in [3.8, 4) is 11.8 Å². The molecular weight excluding hydrogens is 185 g/mol. The molecule has 0 aromatic heterocycles. The molecule has 0 N–H and O–H groups in total. The molecule has 72 valence electrons. The van der Waals surface area contributed by atoms with Crippen molar-refractivity contribution in [3.05, 3.63) is 29.1 Å². The summed E-state index contributed by atoms with van der Waals surface area (Å²) in [6.45, 7) is 0. The summed E-state index contributed by atoms with van der Waals surface area (Å²) in [5.41, 5.74) is 0.654. The van der Waals surface area contributed by atoms with Crippen molar-refractivity contribution in [1.29, 1.82) is 5.26 Å². The predicted octanol–water partition coefficient (Wildman–Crippen LogP) is 1.60. The summed E-state index contributed by atoms with van der Waals surface area (Å²) in [5.74, 6) is 0.0291. The van der Waals surface area contributed by atoms with Gasteiger partial charge in [-0.2, -0.15) is 5.26 Å². The molecule has 1 aliphatic heterocycles. The standard InChI is InChI=1S/C10H8FNO2/c1-13-10-4-6-7(5-12)8(11)2-3-9(6)14-10/h2-3,10H,4H2,1H3. The highest BCUT2D eigenvalue weighted by Gasteiger charge is 2.26. The Morgan fingerprint density at radius 1 is 1.64 bits per heavy atom. The average Bonchev–Trinajstić information content (AvgIpc) is 2.60. The Hall–Kier alpha value is -1.60. The van der Waals surface area contributed by atoms with E-state index in [1.165, 1.54) is 19.2 Å². The van der Waals surface area contributed by atoms with Crippen LogP contribution >= 0.6 is 0 Å². The second-order valence-electron chi connectivity index (χ2n) is 3.00. The second kappa shape index (κ2) is 3.28. The summed E-state index contributed by atoms with van der Waals surface area (Å²) < 4.78 is 23.4. The van der Waals surface area contributed by atoms with Crippen LogP contribution in [0.3, 0.4) is 0 Å². The normalized spacial score (nSPS) is 18.5. The van der Waals surface area contributed by atoms with E-state index < -0.39 is 12.1 Å². The van der Waals surface area contributed by atoms with Crippen LogP contribution in [0.5, 0.6) is 5.75 Å². The largest absolute Gasteiger partial charge is 0.464 e. The van der Waals surface area contributed by atoms with Crippen molar-refractivity contribution in [2.75, 3.05) is 7.11 Å². The molecule has 0 saturated heterocycles. The van der Waals surface area contributed by atoms with Gasteiger partial charge in [0.2, 0.25) is 6.29 Å². The summed E-state index contributed by atoms with van der Waals surface area (Å²) in [6, 6.07) is 4.58. The number of halogens is 1. The minimum absolute atomic E-state index is 0.0575. The summed E-state index contributed by atoms with van der Waals surface area (Å²) in [6.07, 6.45) is 0.0193. The van der Waals surface area contributed by atoms with E-state index in [0.717, 1.165) is 0 Å². The Kier molecular flexibility index (Phi) is 2.10. The molecule has 3 nitrogen and oxygen atoms in total. The Morgan fingerprint density at radius 3 is 3.07 bits per heavy atom. The number of hydrogen-bond donors (Lipinski definition) is 0. The third-order valence-electron chi connectivity index (χ3n) is 2.22. The highest BCUT2D eigenvalue weighted by Crippen LogP contribution is 2.32. The predicted molar refractivity (Wildman–Crippen MR) is 46.2 cm³/mol. The van der Waals surface area contributed by atoms with E-state index in [-0.39, 0.29) is 5.56 Å². The quantitative estimate of drug-likeness (QED) is 0.680. The van der Waals surface area contributed by atoms with E-state index in [9.17, 15) is 4.39 Å². The third kappa shape index (κ3) is 1.22. The molecule has 1 aliphatic rings. The van der Waals surface area contributed by atoms with Crippen molar-refractivity contribution in [2.45, 2.75) is 12.7 Å². The monoisotopic (exact) mass is 193 g/mol. The molecule has 0 radical (unpaired) electrons. The first-order chi connectivity index (χ1) is 6.76. The fraction of sp³-hybridized carbons (Fsp3) is 0.300. The maximum Gasteiger partial charge on any atom is 0.203 e. The van der Waals surface area contributed by atoms with Crippen LogP contribution in [0.2, 0.25) is 0 Å². The Morgan fingerprint density at radius 2 is 2.43 bits per heavy atom. The smallest absolute Gasteiger partial charge is 0.203 e. The first-order valence-corrected chi connectivity index (χ1v) is 4.17. The lowest BCUT2D eigenvalue weighted by Gasteiger charge is -2.06. The summed E-state index contributed by atoms with van der Waals surface area (Å²) in [5, 5.41) is 8.76. The maximum absolute atomic E-state index is 13.2. The first-order valence-electron chi connectivity index (χ1n) is 4.17. The number of nitriles is 1. The lowest BCUT2D eigenvalue weighted by molar-refractivity contribution is -0.0367. The van der Waals surface area contributed by atoms with E-state index in [1.54, 1.807) is 0 Å². The molecule has 1 unspecified atom stereocenters. The van der Waals surface area contributed by atoms with Crippen LogP contribution in [0.4, 0.5) is 4.39 Å². The second-order valence-corrected chi connectivity index (χ2v) is 3.00. The minimum Gasteiger partial charge on any atom is -0.464 e. The SMILES string of the molecule is COC1Cc2c(ccc(F)c2C#N)O1. The molecule has 0 aliphatic carbocycles. The highest BCUT2D eigenvalue weighted by molar-refractivity contribution is 5.49. The molecule has 14 heavy (non-hydrogen) atoms. The number of rotatable bonds is 1. The zero-order valence-electron chi connectivity index (χ0n) is 7.58. The van der Waals surface area contributed by atoms with Gasteiger partial charge in [0.05, 0.1) is 5.56 Å². The number of nitrogens with zero attached hydrogens (tertiary/aromatic N) is 1. The van der Waals surface area contributed by atoms with Gasteiger partial charge in [-0.15, -0.1) is 0 Å². The Labute approximate surface area is 80.7 Å². The number of benzene rings is 1. The van der Waals surface area contributed by atoms with E-state index in [2.05, 4.69) is 0 Å². The topological polar surface area (TPSA) is 42.2 Å². The third-order valence-corrected chi connectivity index (χ3v) is 2.22. The van der Waals surface area contributed by atoms with Gasteiger partial charge in [0.15, 0.2) is 0 Å². The lowest BCUT2D eigenvalue weighted by Crippen LogP contribution is -2.14. The fourth-order valence-corrected chi connectivity index (χ4v) is 1.52. The van der Waals surface area contributed by atoms with Crippen molar-refractivity contribution in [2.24, 2.45) is 0 Å². The molecule has 4 heteroatoms. The lowest BCUT2D eigenvalue weighted by atomic mass is 10.1. The molecule has 0 fully saturated rings. The Bertz CT molecular complexity index is 411. The maximum atomic E-state index is 13.2. The van der Waals surface area contributed by atoms with Crippen LogP contribution in [0.15, 0.2) is 12.1 Å². The van der Waals surface area contributed by atoms with Crippen LogP contribution in [0.25, 0.3) is 0 Å². The zero-order chi connectivity index (χ0) is 10.1. The molecule has 0 spiro atoms. The van der Waals surface area contributed by atoms with Crippen LogP contribution in [0.1, 0.15) is 11.1 Å². The zero-order valence-corrected chi connectivity index (χ0v) is 7.58. The molecule has 1 atom stereocenters. The van der Waals surface area contributed by atoms with Gasteiger partial charge >= 0.3 is 0 Å². The fourth-order valence-electron chi connectivity index (χ4n) is 1.52. The van der Waals surface area contributed by atoms with Gasteiger partial charge < -0.3 is 9.47 Å². The van der Waals surface area contributed by atoms with Gasteiger partial charge in [0.25, 0.3) is 0 Å². The molecule has 0 bridgehead atoms. The molecular formula is C10H8FNO2. The van der Waals surface area contributed by atoms with E-state index >= 15 is 0 Å². The van der Waals surface area contributed by atoms with Gasteiger partial charge in [-0.1, -0.05) is 0 Å². The van der Waals surface area contributed by atoms with E-state index in [0.29, 0.717) is 17.7 Å². The number of fused-ring (bicyclic) bond motifs is 1. The van der Waals surface area contributed by atoms with Crippen LogP contribution in [-0.2, 0) is 11.2 Å². The van der Waals surface area contributed by atoms with Gasteiger partial charge in [-0.25, -0.2) is 4.39 Å². The van der Waals surface area contributed by atoms with Crippen LogP contribution < -0.4 is 4.74 Å². The van der Waals surface area contributed by atoms with Crippen molar-refractivity contribution >= 4 is 0 Å². The average molecular weight is 193 g/mol. The molecule has 1 heterocycles. The van der Waals surface area contributed by atoms with Gasteiger partial charge in [0.1, 0.15) is 17.6 Å². The highest BCUT2D eigenvalue weighted by atomic mass is 19.1. The van der Waals surface area contributed by atoms with Crippen molar-refractivity contribution in [3.63, 3.8) is 0 Å². The van der Waals surface area contributed by atoms with Crippen molar-refractivity contribution in [1.82, 2.24) is 0 Å². The molecule has 0 amide bonds. The van der Waals surface area contributed by atoms with Gasteiger partial charge in [0, 0.05) is 19.1 Å². The van der Waals surface area contributed by atoms with E-state index in [1.807, 2.05) is 6.07 Å². The summed E-state index contributed by atoms with van der Waals surface area (Å²) >= 11 is 0. The first kappa shape index (κ1) is 8.97. The Balaban J connectivity index is 2.48. The van der Waals surface area contributed by atoms with Crippen LogP contribution in [-0.4, -0.2) is 13.4 Å².